The zero-order chi connectivity index (χ0) is 25.2. The second kappa shape index (κ2) is 9.78. The summed E-state index contributed by atoms with van der Waals surface area (Å²) in [5.41, 5.74) is 0.724. The highest BCUT2D eigenvalue weighted by molar-refractivity contribution is 7.91. The zero-order valence-corrected chi connectivity index (χ0v) is 19.7. The molecular weight excluding hydrogens is 482 g/mol. The van der Waals surface area contributed by atoms with Gasteiger partial charge in [0.15, 0.2) is 15.5 Å². The van der Waals surface area contributed by atoms with E-state index in [4.69, 9.17) is 0 Å². The maximum Gasteiger partial charge on any atom is 0.387 e. The number of nitrogens with one attached hydrogen (secondary N) is 1. The van der Waals surface area contributed by atoms with E-state index < -0.39 is 22.4 Å². The third-order valence-corrected chi connectivity index (χ3v) is 6.95. The molecule has 1 amide bonds. The monoisotopic (exact) mass is 504 g/mol. The van der Waals surface area contributed by atoms with Crippen LogP contribution >= 0.6 is 0 Å². The second-order valence-electron chi connectivity index (χ2n) is 7.67. The van der Waals surface area contributed by atoms with E-state index in [1.165, 1.54) is 39.9 Å². The molecule has 0 spiro atoms. The van der Waals surface area contributed by atoms with E-state index in [9.17, 15) is 22.0 Å². The van der Waals surface area contributed by atoms with E-state index in [2.05, 4.69) is 25.2 Å². The van der Waals surface area contributed by atoms with Crippen LogP contribution in [0.15, 0.2) is 53.9 Å². The Morgan fingerprint density at radius 3 is 2.83 bits per heavy atom. The fraction of sp³-hybridized carbons (Fsp3) is 0.273. The van der Waals surface area contributed by atoms with Gasteiger partial charge in [0, 0.05) is 31.2 Å². The van der Waals surface area contributed by atoms with Crippen molar-refractivity contribution < 1.29 is 26.7 Å². The summed E-state index contributed by atoms with van der Waals surface area (Å²) in [4.78, 5) is 17.1. The Balaban J connectivity index is 1.76. The lowest BCUT2D eigenvalue weighted by atomic mass is 10.1. The van der Waals surface area contributed by atoms with E-state index in [1.807, 2.05) is 6.92 Å². The van der Waals surface area contributed by atoms with Gasteiger partial charge in [-0.1, -0.05) is 13.3 Å². The number of carbonyl (C=O) groups excluding carboxylic acids is 1. The zero-order valence-electron chi connectivity index (χ0n) is 18.9. The van der Waals surface area contributed by atoms with Gasteiger partial charge in [-0.15, -0.1) is 0 Å². The quantitative estimate of drug-likeness (QED) is 0.370. The highest BCUT2D eigenvalue weighted by atomic mass is 32.2. The van der Waals surface area contributed by atoms with Crippen LogP contribution in [0.2, 0.25) is 0 Å². The number of hydrogen-bond donors (Lipinski definition) is 1. The maximum absolute atomic E-state index is 13.1. The minimum absolute atomic E-state index is 0.00300. The maximum atomic E-state index is 13.1. The number of anilines is 1. The minimum atomic E-state index is -3.67. The van der Waals surface area contributed by atoms with Gasteiger partial charge in [-0.25, -0.2) is 17.9 Å². The normalized spacial score (nSPS) is 11.8. The lowest BCUT2D eigenvalue weighted by Crippen LogP contribution is -2.13. The first kappa shape index (κ1) is 24.3. The highest BCUT2D eigenvalue weighted by Gasteiger charge is 2.24. The number of nitrogens with zero attached hydrogens (tertiary/aromatic N) is 5. The van der Waals surface area contributed by atoms with Gasteiger partial charge in [0.2, 0.25) is 0 Å². The van der Waals surface area contributed by atoms with Crippen molar-refractivity contribution in [2.45, 2.75) is 31.3 Å². The van der Waals surface area contributed by atoms with E-state index in [-0.39, 0.29) is 38.9 Å². The van der Waals surface area contributed by atoms with Crippen molar-refractivity contribution in [3.63, 3.8) is 0 Å². The summed E-state index contributed by atoms with van der Waals surface area (Å²) in [6.07, 6.45) is 7.09. The minimum Gasteiger partial charge on any atom is -0.434 e. The third kappa shape index (κ3) is 5.14. The number of aromatic nitrogens is 5. The molecule has 0 aliphatic carbocycles. The number of aryl methyl sites for hydroxylation is 1. The van der Waals surface area contributed by atoms with Gasteiger partial charge in [-0.2, -0.15) is 19.0 Å². The Hall–Kier alpha value is -3.87. The van der Waals surface area contributed by atoms with Crippen molar-refractivity contribution in [2.75, 3.05) is 11.1 Å². The van der Waals surface area contributed by atoms with Crippen LogP contribution in [-0.2, 0) is 16.9 Å². The number of halogens is 2. The molecule has 0 aliphatic heterocycles. The van der Waals surface area contributed by atoms with Crippen LogP contribution in [-0.4, -0.2) is 51.1 Å². The average molecular weight is 505 g/mol. The number of rotatable bonds is 9. The molecule has 0 saturated carbocycles. The average Bonchev–Trinajstić information content (AvgIpc) is 3.40. The Kier molecular flexibility index (Phi) is 6.78. The molecule has 184 valence electrons. The lowest BCUT2D eigenvalue weighted by molar-refractivity contribution is -0.0494. The van der Waals surface area contributed by atoms with E-state index in [0.717, 1.165) is 6.07 Å². The molecule has 3 aromatic heterocycles. The molecular formula is C22H22F2N6O4S. The molecule has 13 heteroatoms. The summed E-state index contributed by atoms with van der Waals surface area (Å²) in [5.74, 6) is -0.928. The predicted octanol–water partition coefficient (Wildman–Crippen LogP) is 3.56. The standard InChI is InChI=1S/C22H22F2N6O4S/c1-3-4-10-35(32,33)14-6-7-18(34-22(23)24)15(11-14)19-17(13-29(2)28-19)27-21(31)16-12-26-30-9-5-8-25-20(16)30/h5-9,11-13,22H,3-4,10H2,1-2H3,(H,27,31). The summed E-state index contributed by atoms with van der Waals surface area (Å²) in [6, 6.07) is 5.28. The lowest BCUT2D eigenvalue weighted by Gasteiger charge is -2.13. The Morgan fingerprint density at radius 1 is 1.29 bits per heavy atom. The Morgan fingerprint density at radius 2 is 2.09 bits per heavy atom. The number of sulfone groups is 1. The van der Waals surface area contributed by atoms with Crippen molar-refractivity contribution in [3.05, 3.63) is 54.6 Å². The number of alkyl halides is 2. The molecule has 0 saturated heterocycles. The van der Waals surface area contributed by atoms with Crippen LogP contribution in [0.1, 0.15) is 30.1 Å². The molecule has 1 N–H and O–H groups in total. The van der Waals surface area contributed by atoms with E-state index in [1.54, 1.807) is 19.3 Å². The van der Waals surface area contributed by atoms with E-state index in [0.29, 0.717) is 18.5 Å². The van der Waals surface area contributed by atoms with Gasteiger partial charge < -0.3 is 10.1 Å². The molecule has 0 aliphatic rings. The van der Waals surface area contributed by atoms with Crippen LogP contribution in [0, 0.1) is 0 Å². The molecule has 35 heavy (non-hydrogen) atoms. The molecule has 0 fully saturated rings. The number of amides is 1. The Bertz CT molecular complexity index is 1480. The van der Waals surface area contributed by atoms with Gasteiger partial charge in [0.25, 0.3) is 5.91 Å². The SMILES string of the molecule is CCCCS(=O)(=O)c1ccc(OC(F)F)c(-c2nn(C)cc2NC(=O)c2cnn3cccnc23)c1. The first-order valence-corrected chi connectivity index (χ1v) is 12.3. The fourth-order valence-electron chi connectivity index (χ4n) is 3.49. The van der Waals surface area contributed by atoms with Gasteiger partial charge in [-0.05, 0) is 30.7 Å². The molecule has 0 unspecified atom stereocenters. The summed E-state index contributed by atoms with van der Waals surface area (Å²) in [7, 11) is -2.10. The topological polar surface area (TPSA) is 120 Å². The van der Waals surface area contributed by atoms with Crippen molar-refractivity contribution in [1.82, 2.24) is 24.4 Å². The number of ether oxygens (including phenoxy) is 1. The number of unbranched alkanes of at least 4 members (excludes halogenated alkanes) is 1. The Labute approximate surface area is 199 Å². The molecule has 0 atom stereocenters. The van der Waals surface area contributed by atoms with Crippen LogP contribution in [0.5, 0.6) is 5.75 Å². The smallest absolute Gasteiger partial charge is 0.387 e. The summed E-state index contributed by atoms with van der Waals surface area (Å²) >= 11 is 0. The number of fused-ring (bicyclic) bond motifs is 1. The number of benzene rings is 1. The largest absolute Gasteiger partial charge is 0.434 e. The van der Waals surface area contributed by atoms with Crippen LogP contribution in [0.25, 0.3) is 16.9 Å². The third-order valence-electron chi connectivity index (χ3n) is 5.15. The molecule has 4 rings (SSSR count). The van der Waals surface area contributed by atoms with Gasteiger partial charge in [0.05, 0.1) is 22.5 Å². The van der Waals surface area contributed by atoms with Gasteiger partial charge >= 0.3 is 6.61 Å². The number of carbonyl (C=O) groups is 1. The molecule has 0 bridgehead atoms. The molecule has 4 aromatic rings. The summed E-state index contributed by atoms with van der Waals surface area (Å²) < 4.78 is 59.2. The summed E-state index contributed by atoms with van der Waals surface area (Å²) in [6.45, 7) is -1.29. The second-order valence-corrected chi connectivity index (χ2v) is 9.78. The summed E-state index contributed by atoms with van der Waals surface area (Å²) in [5, 5.41) is 11.0. The number of hydrogen-bond acceptors (Lipinski definition) is 7. The fourth-order valence-corrected chi connectivity index (χ4v) is 4.97. The molecule has 10 nitrogen and oxygen atoms in total. The highest BCUT2D eigenvalue weighted by Crippen LogP contribution is 2.37. The van der Waals surface area contributed by atoms with Gasteiger partial charge in [-0.3, -0.25) is 9.48 Å². The van der Waals surface area contributed by atoms with Crippen molar-refractivity contribution in [3.8, 4) is 17.0 Å². The van der Waals surface area contributed by atoms with Crippen LogP contribution in [0.3, 0.4) is 0 Å². The van der Waals surface area contributed by atoms with Crippen LogP contribution < -0.4 is 10.1 Å². The van der Waals surface area contributed by atoms with Crippen molar-refractivity contribution in [2.24, 2.45) is 7.05 Å². The van der Waals surface area contributed by atoms with E-state index >= 15 is 0 Å². The van der Waals surface area contributed by atoms with Crippen LogP contribution in [0.4, 0.5) is 14.5 Å². The first-order chi connectivity index (χ1) is 16.7. The van der Waals surface area contributed by atoms with Crippen molar-refractivity contribution in [1.29, 1.82) is 0 Å². The molecule has 1 aromatic carbocycles. The predicted molar refractivity (Wildman–Crippen MR) is 123 cm³/mol. The first-order valence-electron chi connectivity index (χ1n) is 10.6. The van der Waals surface area contributed by atoms with Gasteiger partial charge in [0.1, 0.15) is 17.0 Å². The van der Waals surface area contributed by atoms with Crippen molar-refractivity contribution >= 4 is 27.1 Å². The molecule has 0 radical (unpaired) electrons. The molecule has 3 heterocycles.